The summed E-state index contributed by atoms with van der Waals surface area (Å²) in [7, 11) is 0. The number of aromatic carboxylic acids is 1. The molecule has 126 valence electrons. The van der Waals surface area contributed by atoms with E-state index in [0.717, 1.165) is 17.5 Å². The molecule has 0 aliphatic heterocycles. The molecule has 0 heterocycles. The van der Waals surface area contributed by atoms with Gasteiger partial charge in [0, 0.05) is 6.61 Å². The van der Waals surface area contributed by atoms with Crippen molar-refractivity contribution in [1.82, 2.24) is 0 Å². The fourth-order valence-electron chi connectivity index (χ4n) is 2.08. The molecule has 0 amide bonds. The number of esters is 1. The molecule has 1 atom stereocenters. The second-order valence-corrected chi connectivity index (χ2v) is 5.34. The summed E-state index contributed by atoms with van der Waals surface area (Å²) in [5.41, 5.74) is 2.03. The van der Waals surface area contributed by atoms with Crippen LogP contribution in [0.5, 0.6) is 5.75 Å². The van der Waals surface area contributed by atoms with Crippen LogP contribution in [-0.4, -0.2) is 29.8 Å². The van der Waals surface area contributed by atoms with Gasteiger partial charge in [-0.2, -0.15) is 0 Å². The molecular weight excluding hydrogens is 308 g/mol. The topological polar surface area (TPSA) is 72.8 Å². The van der Waals surface area contributed by atoms with Crippen molar-refractivity contribution in [2.24, 2.45) is 0 Å². The van der Waals surface area contributed by atoms with E-state index in [-0.39, 0.29) is 5.56 Å². The Morgan fingerprint density at radius 3 is 2.04 bits per heavy atom. The van der Waals surface area contributed by atoms with Gasteiger partial charge in [0.15, 0.2) is 6.10 Å². The van der Waals surface area contributed by atoms with E-state index in [1.165, 1.54) is 0 Å². The second-order valence-electron chi connectivity index (χ2n) is 5.34. The van der Waals surface area contributed by atoms with Crippen LogP contribution >= 0.6 is 0 Å². The Balaban J connectivity index is 2.02. The molecule has 0 saturated carbocycles. The zero-order valence-electron chi connectivity index (χ0n) is 13.7. The minimum atomic E-state index is -0.955. The predicted octanol–water partition coefficient (Wildman–Crippen LogP) is 3.77. The van der Waals surface area contributed by atoms with Crippen LogP contribution in [0.4, 0.5) is 0 Å². The summed E-state index contributed by atoms with van der Waals surface area (Å²) >= 11 is 0. The first-order valence-corrected chi connectivity index (χ1v) is 7.78. The molecule has 1 N–H and O–H groups in total. The number of carbonyl (C=O) groups is 2. The van der Waals surface area contributed by atoms with Crippen molar-refractivity contribution in [2.45, 2.75) is 26.4 Å². The smallest absolute Gasteiger partial charge is 0.340 e. The first-order chi connectivity index (χ1) is 11.5. The van der Waals surface area contributed by atoms with Gasteiger partial charge in [-0.15, -0.1) is 0 Å². The highest BCUT2D eigenvalue weighted by Crippen LogP contribution is 2.23. The standard InChI is InChI=1S/C19H20O5/c1-3-12-23-13(2)19(22)24-17-10-8-15(9-11-17)14-4-6-16(7-5-14)18(20)21/h4-11,13H,3,12H2,1-2H3,(H,20,21)/t13-/m0/s1. The number of carboxylic acids is 1. The minimum absolute atomic E-state index is 0.241. The van der Waals surface area contributed by atoms with Gasteiger partial charge in [0.25, 0.3) is 0 Å². The Morgan fingerprint density at radius 2 is 1.54 bits per heavy atom. The lowest BCUT2D eigenvalue weighted by molar-refractivity contribution is -0.146. The van der Waals surface area contributed by atoms with E-state index in [0.29, 0.717) is 12.4 Å². The number of carboxylic acid groups (broad SMARTS) is 1. The molecule has 0 fully saturated rings. The van der Waals surface area contributed by atoms with Gasteiger partial charge < -0.3 is 14.6 Å². The third-order valence-electron chi connectivity index (χ3n) is 3.44. The number of carbonyl (C=O) groups excluding carboxylic acids is 1. The van der Waals surface area contributed by atoms with Crippen molar-refractivity contribution in [3.8, 4) is 16.9 Å². The van der Waals surface area contributed by atoms with Gasteiger partial charge in [-0.1, -0.05) is 31.2 Å². The molecule has 0 bridgehead atoms. The highest BCUT2D eigenvalue weighted by atomic mass is 16.6. The fraction of sp³-hybridized carbons (Fsp3) is 0.263. The third kappa shape index (κ3) is 4.67. The summed E-state index contributed by atoms with van der Waals surface area (Å²) in [6, 6.07) is 13.6. The van der Waals surface area contributed by atoms with Gasteiger partial charge in [0.2, 0.25) is 0 Å². The molecular formula is C19H20O5. The van der Waals surface area contributed by atoms with Crippen molar-refractivity contribution in [1.29, 1.82) is 0 Å². The summed E-state index contributed by atoms with van der Waals surface area (Å²) < 4.78 is 10.6. The van der Waals surface area contributed by atoms with E-state index < -0.39 is 18.0 Å². The van der Waals surface area contributed by atoms with Crippen molar-refractivity contribution in [2.75, 3.05) is 6.61 Å². The molecule has 5 heteroatoms. The van der Waals surface area contributed by atoms with Crippen molar-refractivity contribution < 1.29 is 24.2 Å². The van der Waals surface area contributed by atoms with Crippen LogP contribution in [0.1, 0.15) is 30.6 Å². The largest absolute Gasteiger partial charge is 0.478 e. The minimum Gasteiger partial charge on any atom is -0.478 e. The molecule has 2 aromatic rings. The first-order valence-electron chi connectivity index (χ1n) is 7.78. The maximum absolute atomic E-state index is 11.9. The van der Waals surface area contributed by atoms with Gasteiger partial charge in [-0.05, 0) is 48.7 Å². The van der Waals surface area contributed by atoms with E-state index in [4.69, 9.17) is 14.6 Å². The lowest BCUT2D eigenvalue weighted by Crippen LogP contribution is -2.26. The number of hydrogen-bond acceptors (Lipinski definition) is 4. The quantitative estimate of drug-likeness (QED) is 0.618. The monoisotopic (exact) mass is 328 g/mol. The van der Waals surface area contributed by atoms with Gasteiger partial charge in [0.1, 0.15) is 5.75 Å². The molecule has 2 rings (SSSR count). The summed E-state index contributed by atoms with van der Waals surface area (Å²) in [6.45, 7) is 4.15. The van der Waals surface area contributed by atoms with Crippen LogP contribution in [0.3, 0.4) is 0 Å². The zero-order valence-corrected chi connectivity index (χ0v) is 13.7. The van der Waals surface area contributed by atoms with Crippen molar-refractivity contribution >= 4 is 11.9 Å². The molecule has 0 saturated heterocycles. The van der Waals surface area contributed by atoms with Gasteiger partial charge in [-0.25, -0.2) is 9.59 Å². The van der Waals surface area contributed by atoms with Gasteiger partial charge >= 0.3 is 11.9 Å². The first kappa shape index (κ1) is 17.7. The average Bonchev–Trinajstić information content (AvgIpc) is 2.60. The Kier molecular flexibility index (Phi) is 6.09. The third-order valence-corrected chi connectivity index (χ3v) is 3.44. The van der Waals surface area contributed by atoms with E-state index in [9.17, 15) is 9.59 Å². The number of ether oxygens (including phenoxy) is 2. The van der Waals surface area contributed by atoms with E-state index in [1.807, 2.05) is 19.1 Å². The molecule has 0 aromatic heterocycles. The van der Waals surface area contributed by atoms with Crippen molar-refractivity contribution in [3.63, 3.8) is 0 Å². The summed E-state index contributed by atoms with van der Waals surface area (Å²) in [4.78, 5) is 22.7. The Labute approximate surface area is 140 Å². The van der Waals surface area contributed by atoms with Gasteiger partial charge in [-0.3, -0.25) is 0 Å². The van der Waals surface area contributed by atoms with Crippen LogP contribution in [0.25, 0.3) is 11.1 Å². The fourth-order valence-corrected chi connectivity index (χ4v) is 2.08. The SMILES string of the molecule is CCCO[C@@H](C)C(=O)Oc1ccc(-c2ccc(C(=O)O)cc2)cc1. The summed E-state index contributed by atoms with van der Waals surface area (Å²) in [5.74, 6) is -0.942. The lowest BCUT2D eigenvalue weighted by atomic mass is 10.0. The molecule has 0 radical (unpaired) electrons. The predicted molar refractivity (Wildman–Crippen MR) is 90.2 cm³/mol. The number of hydrogen-bond donors (Lipinski definition) is 1. The maximum atomic E-state index is 11.9. The van der Waals surface area contributed by atoms with Crippen LogP contribution in [0, 0.1) is 0 Å². The molecule has 0 spiro atoms. The van der Waals surface area contributed by atoms with Crippen LogP contribution in [0.2, 0.25) is 0 Å². The Hall–Kier alpha value is -2.66. The number of rotatable bonds is 7. The highest BCUT2D eigenvalue weighted by Gasteiger charge is 2.15. The number of benzene rings is 2. The molecule has 0 aliphatic carbocycles. The van der Waals surface area contributed by atoms with Crippen LogP contribution < -0.4 is 4.74 Å². The normalized spacial score (nSPS) is 11.8. The molecule has 24 heavy (non-hydrogen) atoms. The van der Waals surface area contributed by atoms with Gasteiger partial charge in [0.05, 0.1) is 5.56 Å². The second kappa shape index (κ2) is 8.26. The lowest BCUT2D eigenvalue weighted by Gasteiger charge is -2.12. The van der Waals surface area contributed by atoms with E-state index in [2.05, 4.69) is 0 Å². The average molecular weight is 328 g/mol. The zero-order chi connectivity index (χ0) is 17.5. The van der Waals surface area contributed by atoms with E-state index in [1.54, 1.807) is 43.3 Å². The van der Waals surface area contributed by atoms with Crippen LogP contribution in [-0.2, 0) is 9.53 Å². The molecule has 5 nitrogen and oxygen atoms in total. The molecule has 0 aliphatic rings. The van der Waals surface area contributed by atoms with E-state index >= 15 is 0 Å². The van der Waals surface area contributed by atoms with Crippen LogP contribution in [0.15, 0.2) is 48.5 Å². The molecule has 0 unspecified atom stereocenters. The summed E-state index contributed by atoms with van der Waals surface area (Å²) in [5, 5.41) is 8.91. The molecule has 2 aromatic carbocycles. The Morgan fingerprint density at radius 1 is 1.00 bits per heavy atom. The Bertz CT molecular complexity index is 689. The summed E-state index contributed by atoms with van der Waals surface area (Å²) in [6.07, 6.45) is 0.237. The maximum Gasteiger partial charge on any atom is 0.340 e. The highest BCUT2D eigenvalue weighted by molar-refractivity contribution is 5.88. The van der Waals surface area contributed by atoms with Crippen molar-refractivity contribution in [3.05, 3.63) is 54.1 Å².